The summed E-state index contributed by atoms with van der Waals surface area (Å²) in [6, 6.07) is 0. The van der Waals surface area contributed by atoms with Crippen LogP contribution in [-0.4, -0.2) is 29.1 Å². The highest BCUT2D eigenvalue weighted by Crippen LogP contribution is 2.60. The number of ether oxygens (including phenoxy) is 2. The molecule has 5 nitrogen and oxygen atoms in total. The van der Waals surface area contributed by atoms with E-state index in [0.29, 0.717) is 11.8 Å². The van der Waals surface area contributed by atoms with Crippen LogP contribution in [0.25, 0.3) is 0 Å². The third-order valence-electron chi connectivity index (χ3n) is 6.12. The van der Waals surface area contributed by atoms with Gasteiger partial charge in [-0.25, -0.2) is 9.78 Å². The lowest BCUT2D eigenvalue weighted by Gasteiger charge is -2.59. The fourth-order valence-electron chi connectivity index (χ4n) is 4.89. The predicted molar refractivity (Wildman–Crippen MR) is 69.0 cm³/mol. The smallest absolute Gasteiger partial charge is 0.201 e. The molecule has 1 N–H and O–H groups in total. The SMILES string of the molecule is CC1C(O)O[C@@H]2O[C@]3(C)CC[C@H]4[C@H](C)CC[C@@H]1[C@@]24OO3. The van der Waals surface area contributed by atoms with Crippen molar-refractivity contribution < 1.29 is 24.4 Å². The zero-order valence-corrected chi connectivity index (χ0v) is 12.4. The minimum Gasteiger partial charge on any atom is -0.368 e. The van der Waals surface area contributed by atoms with Gasteiger partial charge in [-0.05, 0) is 38.0 Å². The molecule has 5 fully saturated rings. The second kappa shape index (κ2) is 4.17. The van der Waals surface area contributed by atoms with E-state index in [0.717, 1.165) is 19.3 Å². The molecule has 5 aliphatic rings. The molecule has 20 heavy (non-hydrogen) atoms. The normalized spacial score (nSPS) is 61.8. The number of hydrogen-bond donors (Lipinski definition) is 1. The molecule has 114 valence electrons. The number of hydrogen-bond acceptors (Lipinski definition) is 5. The van der Waals surface area contributed by atoms with Gasteiger partial charge in [-0.3, -0.25) is 0 Å². The zero-order valence-electron chi connectivity index (χ0n) is 12.4. The van der Waals surface area contributed by atoms with Crippen molar-refractivity contribution in [1.29, 1.82) is 0 Å². The van der Waals surface area contributed by atoms with Crippen LogP contribution in [0.4, 0.5) is 0 Å². The second-order valence-corrected chi connectivity index (χ2v) is 7.30. The van der Waals surface area contributed by atoms with Gasteiger partial charge in [0.05, 0.1) is 0 Å². The van der Waals surface area contributed by atoms with Gasteiger partial charge in [0.25, 0.3) is 0 Å². The zero-order chi connectivity index (χ0) is 14.1. The monoisotopic (exact) mass is 284 g/mol. The third-order valence-corrected chi connectivity index (χ3v) is 6.12. The van der Waals surface area contributed by atoms with Gasteiger partial charge in [0.2, 0.25) is 5.79 Å². The van der Waals surface area contributed by atoms with Gasteiger partial charge in [0.1, 0.15) is 0 Å². The van der Waals surface area contributed by atoms with E-state index >= 15 is 0 Å². The molecule has 0 aromatic heterocycles. The first-order chi connectivity index (χ1) is 9.46. The molecule has 1 saturated carbocycles. The predicted octanol–water partition coefficient (Wildman–Crippen LogP) is 2.19. The third kappa shape index (κ3) is 1.56. The van der Waals surface area contributed by atoms with Crippen LogP contribution in [0, 0.1) is 23.7 Å². The average molecular weight is 284 g/mol. The number of rotatable bonds is 0. The van der Waals surface area contributed by atoms with Crippen molar-refractivity contribution in [2.45, 2.75) is 70.4 Å². The molecule has 2 unspecified atom stereocenters. The molecule has 4 aliphatic heterocycles. The first-order valence-electron chi connectivity index (χ1n) is 7.84. The van der Waals surface area contributed by atoms with Crippen LogP contribution in [0.2, 0.25) is 0 Å². The molecule has 5 heteroatoms. The summed E-state index contributed by atoms with van der Waals surface area (Å²) in [5, 5.41) is 10.2. The molecule has 4 heterocycles. The van der Waals surface area contributed by atoms with Gasteiger partial charge in [0.15, 0.2) is 18.2 Å². The van der Waals surface area contributed by atoms with E-state index in [4.69, 9.17) is 19.2 Å². The lowest BCUT2D eigenvalue weighted by atomic mass is 9.58. The summed E-state index contributed by atoms with van der Waals surface area (Å²) in [6.45, 7) is 6.22. The highest BCUT2D eigenvalue weighted by Gasteiger charge is 2.69. The summed E-state index contributed by atoms with van der Waals surface area (Å²) >= 11 is 0. The van der Waals surface area contributed by atoms with E-state index in [1.807, 2.05) is 13.8 Å². The summed E-state index contributed by atoms with van der Waals surface area (Å²) in [6.07, 6.45) is 2.72. The molecule has 0 aromatic rings. The largest absolute Gasteiger partial charge is 0.368 e. The van der Waals surface area contributed by atoms with E-state index < -0.39 is 24.0 Å². The highest BCUT2D eigenvalue weighted by atomic mass is 17.3. The molecular weight excluding hydrogens is 260 g/mol. The van der Waals surface area contributed by atoms with E-state index in [9.17, 15) is 5.11 Å². The summed E-state index contributed by atoms with van der Waals surface area (Å²) in [7, 11) is 0. The van der Waals surface area contributed by atoms with Crippen LogP contribution in [0.1, 0.15) is 46.5 Å². The Hall–Kier alpha value is -0.200. The van der Waals surface area contributed by atoms with E-state index in [-0.39, 0.29) is 11.8 Å². The molecule has 2 bridgehead atoms. The molecule has 0 aromatic carbocycles. The first kappa shape index (κ1) is 13.5. The van der Waals surface area contributed by atoms with Gasteiger partial charge in [-0.1, -0.05) is 13.8 Å². The summed E-state index contributed by atoms with van der Waals surface area (Å²) in [4.78, 5) is 11.6. The topological polar surface area (TPSA) is 57.2 Å². The standard InChI is InChI=1S/C15H24O5/c1-8-4-5-11-9(2)12(16)17-13-15(11)10(8)6-7-14(3,18-13)19-20-15/h8-13,16H,4-7H2,1-3H3/t8-,9?,10+,11+,12?,13-,14+,15-/m1/s1. The van der Waals surface area contributed by atoms with E-state index in [1.165, 1.54) is 6.42 Å². The van der Waals surface area contributed by atoms with Crippen LogP contribution >= 0.6 is 0 Å². The average Bonchev–Trinajstić information content (AvgIpc) is 2.63. The molecular formula is C15H24O5. The Morgan fingerprint density at radius 2 is 1.85 bits per heavy atom. The Labute approximate surface area is 119 Å². The molecule has 8 atom stereocenters. The second-order valence-electron chi connectivity index (χ2n) is 7.30. The Bertz CT molecular complexity index is 411. The van der Waals surface area contributed by atoms with Crippen LogP contribution < -0.4 is 0 Å². The number of aliphatic hydroxyl groups excluding tert-OH is 1. The minimum absolute atomic E-state index is 0.0379. The fourth-order valence-corrected chi connectivity index (χ4v) is 4.89. The summed E-state index contributed by atoms with van der Waals surface area (Å²) in [5.41, 5.74) is -0.549. The highest BCUT2D eigenvalue weighted by molar-refractivity contribution is 5.08. The summed E-state index contributed by atoms with van der Waals surface area (Å²) in [5.74, 6) is 0.437. The van der Waals surface area contributed by atoms with E-state index in [1.54, 1.807) is 0 Å². The van der Waals surface area contributed by atoms with Gasteiger partial charge in [-0.15, -0.1) is 0 Å². The maximum atomic E-state index is 10.2. The van der Waals surface area contributed by atoms with Crippen molar-refractivity contribution in [1.82, 2.24) is 0 Å². The summed E-state index contributed by atoms with van der Waals surface area (Å²) < 4.78 is 11.9. The number of fused-ring (bicyclic) bond motifs is 2. The molecule has 1 aliphatic carbocycles. The van der Waals surface area contributed by atoms with Crippen molar-refractivity contribution in [2.24, 2.45) is 23.7 Å². The molecule has 0 amide bonds. The van der Waals surface area contributed by atoms with Crippen LogP contribution in [-0.2, 0) is 19.2 Å². The lowest BCUT2D eigenvalue weighted by Crippen LogP contribution is -2.70. The van der Waals surface area contributed by atoms with Crippen molar-refractivity contribution in [3.05, 3.63) is 0 Å². The minimum atomic E-state index is -0.781. The Morgan fingerprint density at radius 1 is 1.05 bits per heavy atom. The fraction of sp³-hybridized carbons (Fsp3) is 1.00. The number of aliphatic hydroxyl groups is 1. The van der Waals surface area contributed by atoms with Gasteiger partial charge in [-0.2, -0.15) is 0 Å². The molecule has 4 saturated heterocycles. The Balaban J connectivity index is 1.82. The maximum absolute atomic E-state index is 10.2. The molecule has 1 spiro atoms. The quantitative estimate of drug-likeness (QED) is 0.691. The maximum Gasteiger partial charge on any atom is 0.201 e. The van der Waals surface area contributed by atoms with Crippen LogP contribution in [0.3, 0.4) is 0 Å². The van der Waals surface area contributed by atoms with Gasteiger partial charge < -0.3 is 14.6 Å². The van der Waals surface area contributed by atoms with E-state index in [2.05, 4.69) is 6.92 Å². The van der Waals surface area contributed by atoms with Crippen LogP contribution in [0.15, 0.2) is 0 Å². The van der Waals surface area contributed by atoms with Crippen molar-refractivity contribution >= 4 is 0 Å². The van der Waals surface area contributed by atoms with Crippen LogP contribution in [0.5, 0.6) is 0 Å². The first-order valence-corrected chi connectivity index (χ1v) is 7.84. The van der Waals surface area contributed by atoms with Crippen molar-refractivity contribution in [2.75, 3.05) is 0 Å². The van der Waals surface area contributed by atoms with Gasteiger partial charge in [0, 0.05) is 18.3 Å². The van der Waals surface area contributed by atoms with Crippen molar-refractivity contribution in [3.8, 4) is 0 Å². The Morgan fingerprint density at radius 3 is 2.65 bits per heavy atom. The van der Waals surface area contributed by atoms with Crippen molar-refractivity contribution in [3.63, 3.8) is 0 Å². The molecule has 5 rings (SSSR count). The van der Waals surface area contributed by atoms with Gasteiger partial charge >= 0.3 is 0 Å². The lowest BCUT2D eigenvalue weighted by molar-refractivity contribution is -0.576. The molecule has 0 radical (unpaired) electrons. The Kier molecular flexibility index (Phi) is 2.81.